The first-order valence-corrected chi connectivity index (χ1v) is 19.1. The Morgan fingerprint density at radius 2 is 0.762 bits per heavy atom. The van der Waals surface area contributed by atoms with Gasteiger partial charge in [-0.2, -0.15) is 0 Å². The largest absolute Gasteiger partial charge is 0.451 e. The summed E-state index contributed by atoms with van der Waals surface area (Å²) in [4.78, 5) is 12.8. The first-order valence-electron chi connectivity index (χ1n) is 19.1. The van der Waals surface area contributed by atoms with Crippen LogP contribution in [0.25, 0.3) is 0 Å². The van der Waals surface area contributed by atoms with E-state index in [2.05, 4.69) is 26.0 Å². The summed E-state index contributed by atoms with van der Waals surface area (Å²) in [6.45, 7) is 4.59. The van der Waals surface area contributed by atoms with Crippen LogP contribution in [0.5, 0.6) is 0 Å². The molecule has 0 amide bonds. The number of ether oxygens (including phenoxy) is 1. The van der Waals surface area contributed by atoms with E-state index in [9.17, 15) is 4.79 Å². The number of carbonyl (C=O) groups is 1. The van der Waals surface area contributed by atoms with Crippen LogP contribution in [0.2, 0.25) is 0 Å². The lowest BCUT2D eigenvalue weighted by Crippen LogP contribution is -2.26. The summed E-state index contributed by atoms with van der Waals surface area (Å²) < 4.78 is 6.21. The highest BCUT2D eigenvalue weighted by Crippen LogP contribution is 2.44. The molecule has 2 heteroatoms. The van der Waals surface area contributed by atoms with Crippen LogP contribution in [0.4, 0.5) is 0 Å². The lowest BCUT2D eigenvalue weighted by Gasteiger charge is -2.29. The maximum absolute atomic E-state index is 12.8. The zero-order chi connectivity index (χ0) is 30.0. The highest BCUT2D eigenvalue weighted by molar-refractivity contribution is 5.94. The average molecular weight is 583 g/mol. The summed E-state index contributed by atoms with van der Waals surface area (Å²) in [6, 6.07) is 8.20. The summed E-state index contributed by atoms with van der Waals surface area (Å²) >= 11 is 0. The predicted octanol–water partition coefficient (Wildman–Crippen LogP) is 13.8. The summed E-state index contributed by atoms with van der Waals surface area (Å²) in [5.41, 5.74) is 1.61. The molecular weight excluding hydrogens is 512 g/mol. The van der Waals surface area contributed by atoms with Crippen molar-refractivity contribution in [2.75, 3.05) is 0 Å². The molecule has 0 bridgehead atoms. The van der Waals surface area contributed by atoms with Crippen LogP contribution in [0.3, 0.4) is 0 Å². The van der Waals surface area contributed by atoms with Gasteiger partial charge in [-0.05, 0) is 31.7 Å². The third kappa shape index (κ3) is 16.0. The van der Waals surface area contributed by atoms with Crippen LogP contribution in [0, 0.1) is 0 Å². The first-order chi connectivity index (χ1) is 20.7. The van der Waals surface area contributed by atoms with Crippen molar-refractivity contribution in [1.29, 1.82) is 0 Å². The minimum absolute atomic E-state index is 0.0960. The highest BCUT2D eigenvalue weighted by atomic mass is 16.6. The van der Waals surface area contributed by atoms with Crippen LogP contribution in [0.15, 0.2) is 24.3 Å². The van der Waals surface area contributed by atoms with Gasteiger partial charge in [0.25, 0.3) is 0 Å². The minimum Gasteiger partial charge on any atom is -0.451 e. The normalized spacial score (nSPS) is 13.9. The van der Waals surface area contributed by atoms with Gasteiger partial charge in [-0.25, -0.2) is 4.79 Å². The molecule has 1 aromatic carbocycles. The second-order valence-corrected chi connectivity index (χ2v) is 13.6. The van der Waals surface area contributed by atoms with Crippen LogP contribution in [0.1, 0.15) is 222 Å². The van der Waals surface area contributed by atoms with Gasteiger partial charge in [0.2, 0.25) is 0 Å². The van der Waals surface area contributed by atoms with Gasteiger partial charge in [-0.1, -0.05) is 199 Å². The molecule has 0 saturated heterocycles. The van der Waals surface area contributed by atoms with E-state index in [0.717, 1.165) is 31.2 Å². The molecule has 0 N–H and O–H groups in total. The van der Waals surface area contributed by atoms with Gasteiger partial charge >= 0.3 is 5.97 Å². The van der Waals surface area contributed by atoms with Gasteiger partial charge in [0.15, 0.2) is 0 Å². The minimum atomic E-state index is -0.373. The molecule has 2 rings (SSSR count). The van der Waals surface area contributed by atoms with Crippen molar-refractivity contribution in [3.05, 3.63) is 35.4 Å². The van der Waals surface area contributed by atoms with Crippen molar-refractivity contribution in [1.82, 2.24) is 0 Å². The summed E-state index contributed by atoms with van der Waals surface area (Å²) in [7, 11) is 0. The van der Waals surface area contributed by atoms with Gasteiger partial charge in [0.1, 0.15) is 5.60 Å². The summed E-state index contributed by atoms with van der Waals surface area (Å²) in [6.07, 6.45) is 40.5. The van der Waals surface area contributed by atoms with Crippen molar-refractivity contribution in [3.8, 4) is 0 Å². The molecule has 2 nitrogen and oxygen atoms in total. The molecule has 0 radical (unpaired) electrons. The quantitative estimate of drug-likeness (QED) is 0.0666. The van der Waals surface area contributed by atoms with Crippen LogP contribution in [-0.4, -0.2) is 5.97 Å². The maximum atomic E-state index is 12.8. The van der Waals surface area contributed by atoms with Gasteiger partial charge in [-0.3, -0.25) is 0 Å². The number of hydrogen-bond donors (Lipinski definition) is 0. The van der Waals surface area contributed by atoms with E-state index in [1.165, 1.54) is 173 Å². The van der Waals surface area contributed by atoms with Gasteiger partial charge in [0, 0.05) is 5.56 Å². The molecule has 1 heterocycles. The Bertz CT molecular complexity index is 737. The fourth-order valence-corrected chi connectivity index (χ4v) is 7.05. The van der Waals surface area contributed by atoms with Crippen LogP contribution in [-0.2, 0) is 10.3 Å². The predicted molar refractivity (Wildman–Crippen MR) is 183 cm³/mol. The number of cyclic esters (lactones) is 1. The van der Waals surface area contributed by atoms with Gasteiger partial charge < -0.3 is 4.74 Å². The Morgan fingerprint density at radius 3 is 1.12 bits per heavy atom. The number of benzene rings is 1. The van der Waals surface area contributed by atoms with Crippen molar-refractivity contribution < 1.29 is 9.53 Å². The zero-order valence-corrected chi connectivity index (χ0v) is 28.3. The maximum Gasteiger partial charge on any atom is 0.339 e. The SMILES string of the molecule is CCCCCCCCCCCCCCCCC1(CCCCCCCCCCCCCCCC)OC(=O)c2ccccc21. The van der Waals surface area contributed by atoms with E-state index in [1.54, 1.807) is 0 Å². The van der Waals surface area contributed by atoms with E-state index < -0.39 is 0 Å². The number of rotatable bonds is 30. The fourth-order valence-electron chi connectivity index (χ4n) is 7.05. The number of unbranched alkanes of at least 4 members (excludes halogenated alkanes) is 26. The van der Waals surface area contributed by atoms with E-state index >= 15 is 0 Å². The molecule has 1 aliphatic heterocycles. The molecule has 0 fully saturated rings. The van der Waals surface area contributed by atoms with E-state index in [1.807, 2.05) is 12.1 Å². The molecule has 1 aromatic rings. The highest BCUT2D eigenvalue weighted by Gasteiger charge is 2.44. The smallest absolute Gasteiger partial charge is 0.339 e. The molecule has 0 aliphatic carbocycles. The molecule has 1 aliphatic rings. The van der Waals surface area contributed by atoms with Crippen molar-refractivity contribution >= 4 is 5.97 Å². The van der Waals surface area contributed by atoms with Crippen molar-refractivity contribution in [2.45, 2.75) is 212 Å². The standard InChI is InChI=1S/C40H70O2/c1-3-5-7-9-11-13-15-17-19-21-23-25-27-31-35-40(38-34-30-29-33-37(38)39(41)42-40)36-32-28-26-24-22-20-18-16-14-12-10-8-6-4-2/h29-30,33-34H,3-28,31-32,35-36H2,1-2H3. The van der Waals surface area contributed by atoms with Crippen LogP contribution < -0.4 is 0 Å². The Balaban J connectivity index is 1.56. The number of hydrogen-bond acceptors (Lipinski definition) is 2. The zero-order valence-electron chi connectivity index (χ0n) is 28.3. The summed E-state index contributed by atoms with van der Waals surface area (Å²) in [5.74, 6) is -0.0960. The third-order valence-corrected chi connectivity index (χ3v) is 9.79. The van der Waals surface area contributed by atoms with E-state index in [4.69, 9.17) is 4.74 Å². The molecule has 0 aromatic heterocycles. The summed E-state index contributed by atoms with van der Waals surface area (Å²) in [5, 5.41) is 0. The van der Waals surface area contributed by atoms with Gasteiger partial charge in [-0.15, -0.1) is 0 Å². The monoisotopic (exact) mass is 583 g/mol. The van der Waals surface area contributed by atoms with Crippen LogP contribution >= 0.6 is 0 Å². The molecule has 0 atom stereocenters. The van der Waals surface area contributed by atoms with E-state index in [0.29, 0.717) is 0 Å². The second kappa shape index (κ2) is 25.1. The lowest BCUT2D eigenvalue weighted by atomic mass is 9.83. The number of esters is 1. The number of fused-ring (bicyclic) bond motifs is 1. The average Bonchev–Trinajstić information content (AvgIpc) is 3.28. The molecular formula is C40H70O2. The Morgan fingerprint density at radius 1 is 0.452 bits per heavy atom. The molecule has 0 saturated carbocycles. The molecule has 42 heavy (non-hydrogen) atoms. The fraction of sp³-hybridized carbons (Fsp3) is 0.825. The molecule has 0 unspecified atom stereocenters. The van der Waals surface area contributed by atoms with E-state index in [-0.39, 0.29) is 11.6 Å². The molecule has 242 valence electrons. The van der Waals surface area contributed by atoms with Crippen molar-refractivity contribution in [3.63, 3.8) is 0 Å². The topological polar surface area (TPSA) is 26.3 Å². The second-order valence-electron chi connectivity index (χ2n) is 13.6. The van der Waals surface area contributed by atoms with Gasteiger partial charge in [0.05, 0.1) is 5.56 Å². The third-order valence-electron chi connectivity index (χ3n) is 9.79. The Hall–Kier alpha value is -1.31. The van der Waals surface area contributed by atoms with Crippen molar-refractivity contribution in [2.24, 2.45) is 0 Å². The molecule has 0 spiro atoms. The lowest BCUT2D eigenvalue weighted by molar-refractivity contribution is -0.0202. The Kier molecular flexibility index (Phi) is 22.0. The first kappa shape index (κ1) is 36.9. The number of carbonyl (C=O) groups excluding carboxylic acids is 1. The Labute approximate surface area is 262 Å².